The zero-order valence-electron chi connectivity index (χ0n) is 14.0. The minimum absolute atomic E-state index is 0.0922. The predicted molar refractivity (Wildman–Crippen MR) is 99.9 cm³/mol. The zero-order chi connectivity index (χ0) is 17.2. The number of hydrogen-bond donors (Lipinski definition) is 0. The molecule has 0 atom stereocenters. The quantitative estimate of drug-likeness (QED) is 0.635. The van der Waals surface area contributed by atoms with E-state index in [2.05, 4.69) is 18.2 Å². The van der Waals surface area contributed by atoms with Gasteiger partial charge in [0.1, 0.15) is 5.75 Å². The van der Waals surface area contributed by atoms with Gasteiger partial charge >= 0.3 is 0 Å². The zero-order valence-corrected chi connectivity index (χ0v) is 14.0. The Morgan fingerprint density at radius 3 is 2.24 bits per heavy atom. The molecule has 0 saturated heterocycles. The van der Waals surface area contributed by atoms with Crippen molar-refractivity contribution in [2.75, 3.05) is 7.11 Å². The van der Waals surface area contributed by atoms with Crippen molar-refractivity contribution < 1.29 is 9.53 Å². The molecule has 3 aromatic rings. The summed E-state index contributed by atoms with van der Waals surface area (Å²) in [7, 11) is 1.66. The molecule has 0 saturated carbocycles. The van der Waals surface area contributed by atoms with Gasteiger partial charge < -0.3 is 4.74 Å². The van der Waals surface area contributed by atoms with Gasteiger partial charge in [0.05, 0.1) is 7.11 Å². The molecule has 25 heavy (non-hydrogen) atoms. The summed E-state index contributed by atoms with van der Waals surface area (Å²) in [5, 5.41) is 0. The molecule has 0 aromatic heterocycles. The van der Waals surface area contributed by atoms with Crippen LogP contribution in [0.5, 0.6) is 5.75 Å². The fourth-order valence-corrected chi connectivity index (χ4v) is 3.42. The van der Waals surface area contributed by atoms with Gasteiger partial charge in [-0.1, -0.05) is 66.7 Å². The molecule has 3 aromatic carbocycles. The molecule has 0 bridgehead atoms. The Kier molecular flexibility index (Phi) is 3.95. The molecule has 4 rings (SSSR count). The first-order valence-electron chi connectivity index (χ1n) is 8.33. The Balaban J connectivity index is 1.88. The molecule has 0 fully saturated rings. The van der Waals surface area contributed by atoms with Crippen LogP contribution in [-0.4, -0.2) is 12.9 Å². The smallest absolute Gasteiger partial charge is 0.189 e. The van der Waals surface area contributed by atoms with E-state index in [1.807, 2.05) is 60.7 Å². The number of methoxy groups -OCH3 is 1. The number of benzene rings is 3. The van der Waals surface area contributed by atoms with Gasteiger partial charge in [0.15, 0.2) is 5.78 Å². The molecule has 122 valence electrons. The summed E-state index contributed by atoms with van der Waals surface area (Å²) < 4.78 is 5.36. The van der Waals surface area contributed by atoms with Crippen LogP contribution >= 0.6 is 0 Å². The summed E-state index contributed by atoms with van der Waals surface area (Å²) in [6.45, 7) is 0. The van der Waals surface area contributed by atoms with Crippen LogP contribution in [0.2, 0.25) is 0 Å². The third kappa shape index (κ3) is 2.76. The van der Waals surface area contributed by atoms with Crippen molar-refractivity contribution in [2.45, 2.75) is 6.42 Å². The van der Waals surface area contributed by atoms with E-state index >= 15 is 0 Å². The lowest BCUT2D eigenvalue weighted by molar-refractivity contribution is 0.103. The topological polar surface area (TPSA) is 26.3 Å². The molecular weight excluding hydrogens is 308 g/mol. The summed E-state index contributed by atoms with van der Waals surface area (Å²) in [5.41, 5.74) is 5.94. The van der Waals surface area contributed by atoms with Crippen LogP contribution in [0.3, 0.4) is 0 Å². The van der Waals surface area contributed by atoms with Crippen LogP contribution in [-0.2, 0) is 6.42 Å². The number of ketones is 1. The van der Waals surface area contributed by atoms with E-state index in [-0.39, 0.29) is 5.78 Å². The van der Waals surface area contributed by atoms with E-state index in [1.54, 1.807) is 7.11 Å². The van der Waals surface area contributed by atoms with Gasteiger partial charge in [-0.3, -0.25) is 4.79 Å². The van der Waals surface area contributed by atoms with Crippen molar-refractivity contribution >= 4 is 11.4 Å². The molecule has 0 spiro atoms. The Bertz CT molecular complexity index is 954. The molecule has 0 amide bonds. The van der Waals surface area contributed by atoms with Crippen LogP contribution in [0, 0.1) is 0 Å². The number of fused-ring (bicyclic) bond motifs is 1. The maximum atomic E-state index is 13.2. The van der Waals surface area contributed by atoms with Gasteiger partial charge in [-0.05, 0) is 34.4 Å². The van der Waals surface area contributed by atoms with Crippen LogP contribution in [0.25, 0.3) is 5.57 Å². The van der Waals surface area contributed by atoms with Crippen LogP contribution in [0.15, 0.2) is 84.4 Å². The Morgan fingerprint density at radius 2 is 1.56 bits per heavy atom. The lowest BCUT2D eigenvalue weighted by Gasteiger charge is -2.09. The number of rotatable bonds is 4. The number of carbonyl (C=O) groups excluding carboxylic acids is 1. The average Bonchev–Trinajstić information content (AvgIpc) is 3.07. The highest BCUT2D eigenvalue weighted by molar-refractivity contribution is 6.16. The highest BCUT2D eigenvalue weighted by atomic mass is 16.5. The summed E-state index contributed by atoms with van der Waals surface area (Å²) in [6, 6.07) is 25.7. The molecular formula is C23H18O2. The highest BCUT2D eigenvalue weighted by Crippen LogP contribution is 2.40. The number of allylic oxidation sites excluding steroid dienone is 1. The molecule has 0 aliphatic heterocycles. The SMILES string of the molecule is COc1ccc2c(c1)CC(C(=O)c1ccccc1)=C2c1ccccc1. The van der Waals surface area contributed by atoms with Gasteiger partial charge in [-0.2, -0.15) is 0 Å². The maximum absolute atomic E-state index is 13.2. The molecule has 1 aliphatic rings. The number of carbonyl (C=O) groups is 1. The summed E-state index contributed by atoms with van der Waals surface area (Å²) in [5.74, 6) is 0.911. The highest BCUT2D eigenvalue weighted by Gasteiger charge is 2.28. The van der Waals surface area contributed by atoms with Crippen molar-refractivity contribution in [3.63, 3.8) is 0 Å². The number of hydrogen-bond acceptors (Lipinski definition) is 2. The Morgan fingerprint density at radius 1 is 0.880 bits per heavy atom. The molecule has 0 N–H and O–H groups in total. The number of Topliss-reactive ketones (excluding diaryl/α,β-unsaturated/α-hetero) is 1. The summed E-state index contributed by atoms with van der Waals surface area (Å²) in [4.78, 5) is 13.2. The Labute approximate surface area is 147 Å². The summed E-state index contributed by atoms with van der Waals surface area (Å²) >= 11 is 0. The third-order valence-corrected chi connectivity index (χ3v) is 4.62. The largest absolute Gasteiger partial charge is 0.497 e. The van der Waals surface area contributed by atoms with Gasteiger partial charge in [0, 0.05) is 17.6 Å². The van der Waals surface area contributed by atoms with E-state index in [4.69, 9.17) is 4.74 Å². The van der Waals surface area contributed by atoms with Crippen molar-refractivity contribution in [2.24, 2.45) is 0 Å². The fraction of sp³-hybridized carbons (Fsp3) is 0.0870. The van der Waals surface area contributed by atoms with Gasteiger partial charge in [0.2, 0.25) is 0 Å². The minimum atomic E-state index is 0.0922. The Hall–Kier alpha value is -3.13. The monoisotopic (exact) mass is 326 g/mol. The van der Waals surface area contributed by atoms with Crippen LogP contribution in [0.4, 0.5) is 0 Å². The van der Waals surface area contributed by atoms with E-state index in [1.165, 1.54) is 0 Å². The first kappa shape index (κ1) is 15.4. The lowest BCUT2D eigenvalue weighted by Crippen LogP contribution is -2.05. The standard InChI is InChI=1S/C23H18O2/c1-25-19-12-13-20-18(14-19)15-21(22(20)16-8-4-2-5-9-16)23(24)17-10-6-3-7-11-17/h2-14H,15H2,1H3. The normalized spacial score (nSPS) is 12.8. The second-order valence-corrected chi connectivity index (χ2v) is 6.11. The molecule has 2 heteroatoms. The van der Waals surface area contributed by atoms with Crippen LogP contribution in [0.1, 0.15) is 27.0 Å². The second kappa shape index (κ2) is 6.40. The average molecular weight is 326 g/mol. The molecule has 0 unspecified atom stereocenters. The van der Waals surface area contributed by atoms with Crippen molar-refractivity contribution in [1.82, 2.24) is 0 Å². The predicted octanol–water partition coefficient (Wildman–Crippen LogP) is 4.94. The van der Waals surface area contributed by atoms with E-state index in [0.29, 0.717) is 6.42 Å². The first-order valence-corrected chi connectivity index (χ1v) is 8.33. The maximum Gasteiger partial charge on any atom is 0.189 e. The molecule has 0 heterocycles. The van der Waals surface area contributed by atoms with Crippen LogP contribution < -0.4 is 4.74 Å². The molecule has 0 radical (unpaired) electrons. The number of ether oxygens (including phenoxy) is 1. The second-order valence-electron chi connectivity index (χ2n) is 6.11. The van der Waals surface area contributed by atoms with E-state index < -0.39 is 0 Å². The molecule has 1 aliphatic carbocycles. The van der Waals surface area contributed by atoms with E-state index in [9.17, 15) is 4.79 Å². The van der Waals surface area contributed by atoms with Crippen molar-refractivity contribution in [3.05, 3.63) is 107 Å². The minimum Gasteiger partial charge on any atom is -0.497 e. The molecule has 2 nitrogen and oxygen atoms in total. The van der Waals surface area contributed by atoms with E-state index in [0.717, 1.165) is 39.1 Å². The van der Waals surface area contributed by atoms with Crippen molar-refractivity contribution in [1.29, 1.82) is 0 Å². The van der Waals surface area contributed by atoms with Gasteiger partial charge in [0.25, 0.3) is 0 Å². The van der Waals surface area contributed by atoms with Crippen molar-refractivity contribution in [3.8, 4) is 5.75 Å². The lowest BCUT2D eigenvalue weighted by atomic mass is 9.94. The summed E-state index contributed by atoms with van der Waals surface area (Å²) in [6.07, 6.45) is 0.629. The third-order valence-electron chi connectivity index (χ3n) is 4.62. The van der Waals surface area contributed by atoms with Gasteiger partial charge in [-0.15, -0.1) is 0 Å². The fourth-order valence-electron chi connectivity index (χ4n) is 3.42. The van der Waals surface area contributed by atoms with Gasteiger partial charge in [-0.25, -0.2) is 0 Å². The first-order chi connectivity index (χ1) is 12.3.